The zero-order chi connectivity index (χ0) is 13.1. The lowest BCUT2D eigenvalue weighted by molar-refractivity contribution is 0.614. The van der Waals surface area contributed by atoms with Crippen LogP contribution in [0.1, 0.15) is 24.1 Å². The predicted octanol–water partition coefficient (Wildman–Crippen LogP) is 5.00. The second-order valence-electron chi connectivity index (χ2n) is 3.83. The smallest absolute Gasteiger partial charge is 0.124 e. The van der Waals surface area contributed by atoms with Crippen molar-refractivity contribution in [2.24, 2.45) is 0 Å². The number of nitrogens with one attached hydrogen (secondary N) is 1. The Morgan fingerprint density at radius 2 is 2.17 bits per heavy atom. The maximum absolute atomic E-state index is 13.1. The van der Waals surface area contributed by atoms with Crippen molar-refractivity contribution >= 4 is 38.9 Å². The Kier molecular flexibility index (Phi) is 4.78. The van der Waals surface area contributed by atoms with Gasteiger partial charge in [-0.15, -0.1) is 0 Å². The Morgan fingerprint density at radius 3 is 2.72 bits per heavy atom. The van der Waals surface area contributed by atoms with Crippen LogP contribution in [0.15, 0.2) is 33.4 Å². The Bertz CT molecular complexity index is 544. The van der Waals surface area contributed by atoms with Crippen molar-refractivity contribution in [3.8, 4) is 0 Å². The molecule has 0 radical (unpaired) electrons. The molecule has 5 heteroatoms. The van der Waals surface area contributed by atoms with E-state index in [2.05, 4.69) is 26.6 Å². The van der Waals surface area contributed by atoms with Crippen molar-refractivity contribution in [2.45, 2.75) is 13.0 Å². The minimum atomic E-state index is -0.316. The summed E-state index contributed by atoms with van der Waals surface area (Å²) in [6, 6.07) is 4.49. The fraction of sp³-hybridized carbons (Fsp3) is 0.231. The Labute approximate surface area is 123 Å². The summed E-state index contributed by atoms with van der Waals surface area (Å²) in [6.07, 6.45) is 0. The highest BCUT2D eigenvalue weighted by atomic mass is 79.9. The molecule has 0 spiro atoms. The van der Waals surface area contributed by atoms with Crippen LogP contribution in [-0.4, -0.2) is 6.54 Å². The molecule has 0 bridgehead atoms. The lowest BCUT2D eigenvalue weighted by Crippen LogP contribution is -2.22. The maximum atomic E-state index is 13.1. The lowest BCUT2D eigenvalue weighted by Gasteiger charge is -2.19. The molecule has 0 saturated carbocycles. The molecule has 1 unspecified atom stereocenters. The summed E-state index contributed by atoms with van der Waals surface area (Å²) >= 11 is 11.3. The Balaban J connectivity index is 2.45. The summed E-state index contributed by atoms with van der Waals surface area (Å²) in [5.41, 5.74) is 2.01. The molecule has 0 aliphatic rings. The van der Waals surface area contributed by atoms with Gasteiger partial charge in [0.25, 0.3) is 0 Å². The van der Waals surface area contributed by atoms with Crippen molar-refractivity contribution in [2.75, 3.05) is 6.54 Å². The first-order valence-electron chi connectivity index (χ1n) is 5.53. The summed E-state index contributed by atoms with van der Waals surface area (Å²) in [7, 11) is 0. The van der Waals surface area contributed by atoms with Crippen LogP contribution < -0.4 is 5.32 Å². The summed E-state index contributed by atoms with van der Waals surface area (Å²) < 4.78 is 14.1. The molecule has 0 aliphatic carbocycles. The quantitative estimate of drug-likeness (QED) is 0.819. The van der Waals surface area contributed by atoms with E-state index in [0.717, 1.165) is 22.1 Å². The summed E-state index contributed by atoms with van der Waals surface area (Å²) in [4.78, 5) is 0. The summed E-state index contributed by atoms with van der Waals surface area (Å²) in [5, 5.41) is 7.91. The molecular formula is C13H12BrClFNS. The monoisotopic (exact) mass is 347 g/mol. The minimum Gasteiger partial charge on any atom is -0.306 e. The fourth-order valence-corrected chi connectivity index (χ4v) is 3.65. The van der Waals surface area contributed by atoms with Gasteiger partial charge in [-0.05, 0) is 51.1 Å². The van der Waals surface area contributed by atoms with E-state index < -0.39 is 0 Å². The minimum absolute atomic E-state index is 0.0243. The van der Waals surface area contributed by atoms with Gasteiger partial charge in [-0.25, -0.2) is 4.39 Å². The highest BCUT2D eigenvalue weighted by molar-refractivity contribution is 9.10. The van der Waals surface area contributed by atoms with Crippen LogP contribution in [0.3, 0.4) is 0 Å². The number of rotatable bonds is 4. The molecule has 1 aromatic heterocycles. The van der Waals surface area contributed by atoms with E-state index >= 15 is 0 Å². The number of benzene rings is 1. The van der Waals surface area contributed by atoms with Crippen molar-refractivity contribution in [3.63, 3.8) is 0 Å². The van der Waals surface area contributed by atoms with Crippen LogP contribution in [-0.2, 0) is 0 Å². The molecule has 18 heavy (non-hydrogen) atoms. The van der Waals surface area contributed by atoms with Gasteiger partial charge in [0.15, 0.2) is 0 Å². The Morgan fingerprint density at radius 1 is 1.39 bits per heavy atom. The molecule has 1 N–H and O–H groups in total. The average molecular weight is 349 g/mol. The molecule has 96 valence electrons. The van der Waals surface area contributed by atoms with Crippen LogP contribution in [0.2, 0.25) is 5.02 Å². The number of thiophene rings is 1. The third kappa shape index (κ3) is 2.94. The van der Waals surface area contributed by atoms with Gasteiger partial charge in [0, 0.05) is 14.9 Å². The molecule has 1 nitrogen and oxygen atoms in total. The Hall–Kier alpha value is -0.420. The molecule has 1 aromatic carbocycles. The molecule has 2 aromatic rings. The molecule has 1 atom stereocenters. The predicted molar refractivity (Wildman–Crippen MR) is 78.9 cm³/mol. The maximum Gasteiger partial charge on any atom is 0.124 e. The first-order valence-corrected chi connectivity index (χ1v) is 7.64. The topological polar surface area (TPSA) is 12.0 Å². The van der Waals surface area contributed by atoms with E-state index in [1.54, 1.807) is 17.4 Å². The van der Waals surface area contributed by atoms with Gasteiger partial charge in [0.2, 0.25) is 0 Å². The number of hydrogen-bond donors (Lipinski definition) is 1. The second-order valence-corrected chi connectivity index (χ2v) is 5.84. The highest BCUT2D eigenvalue weighted by Gasteiger charge is 2.19. The fourth-order valence-electron chi connectivity index (χ4n) is 1.82. The lowest BCUT2D eigenvalue weighted by atomic mass is 10.0. The normalized spacial score (nSPS) is 12.7. The van der Waals surface area contributed by atoms with Crippen LogP contribution in [0.4, 0.5) is 4.39 Å². The van der Waals surface area contributed by atoms with Gasteiger partial charge in [0.1, 0.15) is 5.82 Å². The van der Waals surface area contributed by atoms with Gasteiger partial charge in [-0.3, -0.25) is 0 Å². The van der Waals surface area contributed by atoms with Crippen molar-refractivity contribution < 1.29 is 4.39 Å². The van der Waals surface area contributed by atoms with Gasteiger partial charge in [-0.1, -0.05) is 24.6 Å². The van der Waals surface area contributed by atoms with Gasteiger partial charge in [0.05, 0.1) is 6.04 Å². The summed E-state index contributed by atoms with van der Waals surface area (Å²) in [5.74, 6) is -0.316. The molecule has 0 aliphatic heterocycles. The van der Waals surface area contributed by atoms with Crippen LogP contribution in [0.25, 0.3) is 0 Å². The molecular weight excluding hydrogens is 337 g/mol. The second kappa shape index (κ2) is 6.15. The van der Waals surface area contributed by atoms with E-state index in [1.807, 2.05) is 12.3 Å². The summed E-state index contributed by atoms with van der Waals surface area (Å²) in [6.45, 7) is 2.84. The SMILES string of the molecule is CCNC(c1ccc(F)cc1Cl)c1cscc1Br. The molecule has 1 heterocycles. The molecule has 0 saturated heterocycles. The van der Waals surface area contributed by atoms with E-state index in [4.69, 9.17) is 11.6 Å². The van der Waals surface area contributed by atoms with Crippen molar-refractivity contribution in [1.29, 1.82) is 0 Å². The van der Waals surface area contributed by atoms with Crippen LogP contribution in [0.5, 0.6) is 0 Å². The van der Waals surface area contributed by atoms with Crippen LogP contribution in [0, 0.1) is 5.82 Å². The van der Waals surface area contributed by atoms with E-state index in [1.165, 1.54) is 12.1 Å². The van der Waals surface area contributed by atoms with E-state index in [9.17, 15) is 4.39 Å². The van der Waals surface area contributed by atoms with E-state index in [0.29, 0.717) is 5.02 Å². The van der Waals surface area contributed by atoms with Gasteiger partial charge >= 0.3 is 0 Å². The molecule has 2 rings (SSSR count). The molecule has 0 amide bonds. The number of halogens is 3. The largest absolute Gasteiger partial charge is 0.306 e. The van der Waals surface area contributed by atoms with E-state index in [-0.39, 0.29) is 11.9 Å². The standard InChI is InChI=1S/C13H12BrClFNS/c1-2-17-13(10-6-18-7-11(10)14)9-4-3-8(16)5-12(9)15/h3-7,13,17H,2H2,1H3. The molecule has 0 fully saturated rings. The van der Waals surface area contributed by atoms with Crippen molar-refractivity contribution in [1.82, 2.24) is 5.32 Å². The van der Waals surface area contributed by atoms with Gasteiger partial charge < -0.3 is 5.32 Å². The zero-order valence-electron chi connectivity index (χ0n) is 9.71. The highest BCUT2D eigenvalue weighted by Crippen LogP contribution is 2.34. The number of hydrogen-bond acceptors (Lipinski definition) is 2. The van der Waals surface area contributed by atoms with Crippen molar-refractivity contribution in [3.05, 3.63) is 55.4 Å². The first-order chi connectivity index (χ1) is 8.63. The van der Waals surface area contributed by atoms with Crippen LogP contribution >= 0.6 is 38.9 Å². The average Bonchev–Trinajstić information content (AvgIpc) is 2.73. The third-order valence-electron chi connectivity index (χ3n) is 2.64. The zero-order valence-corrected chi connectivity index (χ0v) is 12.9. The first kappa shape index (κ1) is 14.0. The van der Waals surface area contributed by atoms with Gasteiger partial charge in [-0.2, -0.15) is 11.3 Å². The third-order valence-corrected chi connectivity index (χ3v) is 4.71.